The summed E-state index contributed by atoms with van der Waals surface area (Å²) < 4.78 is 36.1. The molecule has 0 spiro atoms. The molecule has 0 radical (unpaired) electrons. The number of aliphatic hydroxyl groups excluding tert-OH is 2. The van der Waals surface area contributed by atoms with Crippen LogP contribution in [0.5, 0.6) is 0 Å². The highest BCUT2D eigenvalue weighted by Gasteiger charge is 2.48. The number of hydrogen-bond donors (Lipinski definition) is 7. The van der Waals surface area contributed by atoms with Gasteiger partial charge in [0.2, 0.25) is 11.6 Å². The predicted molar refractivity (Wildman–Crippen MR) is 141 cm³/mol. The number of ether oxygens (including phenoxy) is 2. The zero-order chi connectivity index (χ0) is 31.5. The lowest BCUT2D eigenvalue weighted by molar-refractivity contribution is -0.0563. The lowest BCUT2D eigenvalue weighted by Gasteiger charge is -2.23. The Labute approximate surface area is 241 Å². The number of carbonyl (C=O) groups is 3. The van der Waals surface area contributed by atoms with E-state index in [2.05, 4.69) is 4.98 Å². The number of fused-ring (bicyclic) bond motifs is 3. The number of rotatable bonds is 8. The molecule has 0 saturated carbocycles. The highest BCUT2D eigenvalue weighted by Crippen LogP contribution is 2.52. The predicted octanol–water partition coefficient (Wildman–Crippen LogP) is -2.33. The smallest absolute Gasteiger partial charge is 0.445 e. The molecular formula is C23H28N7O12P. The fourth-order valence-corrected chi connectivity index (χ4v) is 6.21. The number of amides is 1. The van der Waals surface area contributed by atoms with Crippen molar-refractivity contribution < 1.29 is 52.6 Å². The summed E-state index contributed by atoms with van der Waals surface area (Å²) in [5.41, 5.74) is 21.0. The minimum atomic E-state index is -5.06. The van der Waals surface area contributed by atoms with E-state index in [0.29, 0.717) is 0 Å². The van der Waals surface area contributed by atoms with Gasteiger partial charge in [-0.3, -0.25) is 23.2 Å². The number of aromatic nitrogens is 3. The second-order valence-electron chi connectivity index (χ2n) is 10.0. The average molecular weight is 625 g/mol. The summed E-state index contributed by atoms with van der Waals surface area (Å²) in [7, 11) is -5.06. The molecule has 1 saturated heterocycles. The van der Waals surface area contributed by atoms with Crippen molar-refractivity contribution >= 4 is 31.3 Å². The number of phosphoric acid groups is 1. The highest BCUT2D eigenvalue weighted by molar-refractivity contribution is 7.47. The number of primary amides is 1. The van der Waals surface area contributed by atoms with Crippen molar-refractivity contribution in [3.8, 4) is 0 Å². The molecule has 2 aromatic heterocycles. The molecule has 5 rings (SSSR count). The van der Waals surface area contributed by atoms with Gasteiger partial charge >= 0.3 is 19.6 Å². The third-order valence-corrected chi connectivity index (χ3v) is 8.33. The van der Waals surface area contributed by atoms with Crippen molar-refractivity contribution in [1.29, 1.82) is 0 Å². The number of nitrogens with two attached hydrogens (primary N) is 4. The van der Waals surface area contributed by atoms with Crippen molar-refractivity contribution in [3.05, 3.63) is 56.5 Å². The molecule has 1 aliphatic carbocycles. The Morgan fingerprint density at radius 3 is 2.56 bits per heavy atom. The molecular weight excluding hydrogens is 597 g/mol. The third-order valence-electron chi connectivity index (χ3n) is 7.36. The van der Waals surface area contributed by atoms with Crippen LogP contribution in [-0.4, -0.2) is 77.8 Å². The van der Waals surface area contributed by atoms with Gasteiger partial charge in [-0.2, -0.15) is 4.98 Å². The second kappa shape index (κ2) is 11.0. The zero-order valence-electron chi connectivity index (χ0n) is 22.4. The van der Waals surface area contributed by atoms with E-state index in [-0.39, 0.29) is 46.1 Å². The summed E-state index contributed by atoms with van der Waals surface area (Å²) in [4.78, 5) is 63.8. The molecule has 1 fully saturated rings. The van der Waals surface area contributed by atoms with Crippen LogP contribution in [-0.2, 0) is 36.2 Å². The summed E-state index contributed by atoms with van der Waals surface area (Å²) in [5, 5.41) is 20.8. The Balaban J connectivity index is 1.38. The number of phosphoric ester groups is 1. The van der Waals surface area contributed by atoms with E-state index >= 15 is 0 Å². The number of allylic oxidation sites excluding steroid dienone is 2. The number of ketones is 2. The minimum Gasteiger partial charge on any atom is -0.445 e. The van der Waals surface area contributed by atoms with Gasteiger partial charge in [0.1, 0.15) is 42.5 Å². The van der Waals surface area contributed by atoms with E-state index < -0.39 is 81.1 Å². The first kappa shape index (κ1) is 30.5. The SMILES string of the molecule is CC1=C(N)C(=O)c2c(COC(N)=O)c3n(c2C1=O)CC(N)C3OP(=O)(O)OC[C@H]1O[C@@H](n2ccc(N)nc2=O)[C@H](O)[C@@H]1O. The van der Waals surface area contributed by atoms with Crippen LogP contribution in [0.3, 0.4) is 0 Å². The number of aliphatic hydroxyl groups is 2. The Morgan fingerprint density at radius 1 is 1.21 bits per heavy atom. The van der Waals surface area contributed by atoms with Crippen LogP contribution in [0.2, 0.25) is 0 Å². The van der Waals surface area contributed by atoms with Gasteiger partial charge in [0.05, 0.1) is 29.6 Å². The molecule has 19 nitrogen and oxygen atoms in total. The van der Waals surface area contributed by atoms with Crippen LogP contribution in [0.15, 0.2) is 28.3 Å². The molecule has 2 aromatic rings. The number of carbonyl (C=O) groups excluding carboxylic acids is 3. The number of Topliss-reactive ketones (excluding diaryl/α,β-unsaturated/α-hetero) is 2. The first-order valence-electron chi connectivity index (χ1n) is 12.6. The van der Waals surface area contributed by atoms with Crippen molar-refractivity contribution in [2.75, 3.05) is 12.3 Å². The Bertz CT molecular complexity index is 1670. The number of nitrogen functional groups attached to an aromatic ring is 1. The lowest BCUT2D eigenvalue weighted by Crippen LogP contribution is -2.36. The first-order chi connectivity index (χ1) is 20.1. The Hall–Kier alpha value is -3.94. The maximum absolute atomic E-state index is 13.1. The Kier molecular flexibility index (Phi) is 7.78. The largest absolute Gasteiger partial charge is 0.472 e. The summed E-state index contributed by atoms with van der Waals surface area (Å²) in [6, 6.07) is 0.213. The zero-order valence-corrected chi connectivity index (χ0v) is 23.2. The van der Waals surface area contributed by atoms with E-state index in [4.69, 9.17) is 41.5 Å². The number of nitrogens with zero attached hydrogens (tertiary/aromatic N) is 3. The maximum atomic E-state index is 13.1. The lowest BCUT2D eigenvalue weighted by atomic mass is 9.89. The molecule has 3 unspecified atom stereocenters. The van der Waals surface area contributed by atoms with Gasteiger partial charge in [0.15, 0.2) is 6.23 Å². The Morgan fingerprint density at radius 2 is 1.91 bits per heavy atom. The maximum Gasteiger partial charge on any atom is 0.472 e. The summed E-state index contributed by atoms with van der Waals surface area (Å²) >= 11 is 0. The van der Waals surface area contributed by atoms with Crippen LogP contribution < -0.4 is 28.6 Å². The quantitative estimate of drug-likeness (QED) is 0.151. The standard InChI is InChI=1S/C23H28N7O12P/c1-7-13(26)18(33)12-8(5-39-22(27)35)14-20(9(24)4-30(14)15(12)16(7)31)42-43(37,38)40-6-10-17(32)19(34)21(41-10)29-3-2-11(25)28-23(29)36/h2-3,9-10,17,19-21,32,34H,4-6,24,26H2,1H3,(H2,27,35)(H,37,38)(H2,25,28,36)/t9?,10-,17-,19-,20?,21-/m1/s1. The van der Waals surface area contributed by atoms with Gasteiger partial charge in [0, 0.05) is 23.9 Å². The van der Waals surface area contributed by atoms with E-state index in [9.17, 15) is 38.8 Å². The third kappa shape index (κ3) is 5.25. The molecule has 4 heterocycles. The topological polar surface area (TPSA) is 310 Å². The van der Waals surface area contributed by atoms with Crippen LogP contribution >= 0.6 is 7.82 Å². The van der Waals surface area contributed by atoms with Crippen LogP contribution in [0.1, 0.15) is 51.4 Å². The molecule has 2 aliphatic heterocycles. The van der Waals surface area contributed by atoms with Gasteiger partial charge in [-0.15, -0.1) is 0 Å². The fraction of sp³-hybridized carbons (Fsp3) is 0.435. The minimum absolute atomic E-state index is 0.0105. The molecule has 232 valence electrons. The molecule has 0 bridgehead atoms. The highest BCUT2D eigenvalue weighted by atomic mass is 31.2. The number of anilines is 1. The summed E-state index contributed by atoms with van der Waals surface area (Å²) in [5.74, 6) is -1.42. The van der Waals surface area contributed by atoms with E-state index in [1.54, 1.807) is 0 Å². The first-order valence-corrected chi connectivity index (χ1v) is 14.1. The van der Waals surface area contributed by atoms with Gasteiger partial charge in [-0.05, 0) is 13.0 Å². The normalized spacial score (nSPS) is 28.1. The second-order valence-corrected chi connectivity index (χ2v) is 11.5. The monoisotopic (exact) mass is 625 g/mol. The molecule has 3 aliphatic rings. The van der Waals surface area contributed by atoms with E-state index in [0.717, 1.165) is 4.57 Å². The van der Waals surface area contributed by atoms with Crippen molar-refractivity contribution in [2.45, 2.75) is 56.8 Å². The summed E-state index contributed by atoms with van der Waals surface area (Å²) in [6.07, 6.45) is -7.63. The molecule has 43 heavy (non-hydrogen) atoms. The van der Waals surface area contributed by atoms with Gasteiger partial charge in [-0.25, -0.2) is 14.2 Å². The van der Waals surface area contributed by atoms with Gasteiger partial charge in [0.25, 0.3) is 0 Å². The van der Waals surface area contributed by atoms with Crippen LogP contribution in [0.4, 0.5) is 10.6 Å². The molecule has 0 aromatic carbocycles. The van der Waals surface area contributed by atoms with Crippen molar-refractivity contribution in [3.63, 3.8) is 0 Å². The van der Waals surface area contributed by atoms with Crippen molar-refractivity contribution in [1.82, 2.24) is 14.1 Å². The van der Waals surface area contributed by atoms with Crippen molar-refractivity contribution in [2.24, 2.45) is 17.2 Å². The molecule has 20 heteroatoms. The van der Waals surface area contributed by atoms with Gasteiger partial charge < -0.3 is 52.1 Å². The van der Waals surface area contributed by atoms with Crippen LogP contribution in [0, 0.1) is 0 Å². The molecule has 11 N–H and O–H groups in total. The van der Waals surface area contributed by atoms with Crippen LogP contribution in [0.25, 0.3) is 0 Å². The fourth-order valence-electron chi connectivity index (χ4n) is 5.27. The molecule has 7 atom stereocenters. The molecule has 1 amide bonds. The average Bonchev–Trinajstić information content (AvgIpc) is 3.52. The summed E-state index contributed by atoms with van der Waals surface area (Å²) in [6.45, 7) is -0.200. The number of hydrogen-bond acceptors (Lipinski definition) is 15. The van der Waals surface area contributed by atoms with E-state index in [1.165, 1.54) is 23.8 Å². The van der Waals surface area contributed by atoms with E-state index in [1.807, 2.05) is 0 Å². The van der Waals surface area contributed by atoms with Gasteiger partial charge in [-0.1, -0.05) is 0 Å².